The fourth-order valence-corrected chi connectivity index (χ4v) is 2.66. The second-order valence-electron chi connectivity index (χ2n) is 1.68. The van der Waals surface area contributed by atoms with Crippen LogP contribution in [-0.4, -0.2) is 0 Å². The first-order valence-corrected chi connectivity index (χ1v) is 5.04. The quantitative estimate of drug-likeness (QED) is 0.370. The molecular formula is C6H2BrCl2I. The molecular weight excluding hydrogens is 350 g/mol. The number of hydrogen-bond donors (Lipinski definition) is 0. The van der Waals surface area contributed by atoms with Gasteiger partial charge in [0.15, 0.2) is 0 Å². The molecule has 0 heterocycles. The highest BCUT2D eigenvalue weighted by Crippen LogP contribution is 2.30. The Morgan fingerprint density at radius 1 is 1.30 bits per heavy atom. The molecule has 1 aromatic carbocycles. The van der Waals surface area contributed by atoms with E-state index in [-0.39, 0.29) is 0 Å². The Labute approximate surface area is 91.2 Å². The van der Waals surface area contributed by atoms with Crippen molar-refractivity contribution in [2.75, 3.05) is 0 Å². The smallest absolute Gasteiger partial charge is 0.0726 e. The minimum absolute atomic E-state index is 0.584. The summed E-state index contributed by atoms with van der Waals surface area (Å²) in [6.45, 7) is 0. The third-order valence-corrected chi connectivity index (χ3v) is 3.38. The molecule has 0 unspecified atom stereocenters. The summed E-state index contributed by atoms with van der Waals surface area (Å²) in [7, 11) is 0. The maximum absolute atomic E-state index is 5.79. The summed E-state index contributed by atoms with van der Waals surface area (Å²) in [5, 5.41) is 1.20. The van der Waals surface area contributed by atoms with Gasteiger partial charge in [-0.1, -0.05) is 39.1 Å². The molecule has 0 radical (unpaired) electrons. The van der Waals surface area contributed by atoms with Gasteiger partial charge in [-0.15, -0.1) is 0 Å². The summed E-state index contributed by atoms with van der Waals surface area (Å²) in [6, 6.07) is 3.68. The van der Waals surface area contributed by atoms with Crippen LogP contribution < -0.4 is 0 Å². The number of rotatable bonds is 0. The maximum atomic E-state index is 5.79. The Kier molecular flexibility index (Phi) is 3.28. The van der Waals surface area contributed by atoms with Crippen LogP contribution in [0.15, 0.2) is 16.6 Å². The van der Waals surface area contributed by atoms with Crippen molar-refractivity contribution < 1.29 is 0 Å². The third-order valence-electron chi connectivity index (χ3n) is 0.949. The zero-order valence-electron chi connectivity index (χ0n) is 4.67. The molecule has 0 aliphatic heterocycles. The lowest BCUT2D eigenvalue weighted by molar-refractivity contribution is 1.59. The van der Waals surface area contributed by atoms with E-state index in [0.29, 0.717) is 10.0 Å². The van der Waals surface area contributed by atoms with Gasteiger partial charge in [-0.05, 0) is 34.7 Å². The van der Waals surface area contributed by atoms with Crippen LogP contribution in [0.2, 0.25) is 10.0 Å². The lowest BCUT2D eigenvalue weighted by Crippen LogP contribution is -1.75. The van der Waals surface area contributed by atoms with Gasteiger partial charge >= 0.3 is 0 Å². The molecule has 0 amide bonds. The zero-order chi connectivity index (χ0) is 7.72. The normalized spacial score (nSPS) is 10.0. The van der Waals surface area contributed by atoms with E-state index in [1.165, 1.54) is 0 Å². The van der Waals surface area contributed by atoms with Gasteiger partial charge in [-0.3, -0.25) is 0 Å². The van der Waals surface area contributed by atoms with E-state index in [9.17, 15) is 0 Å². The Morgan fingerprint density at radius 2 is 1.90 bits per heavy atom. The molecule has 0 spiro atoms. The van der Waals surface area contributed by atoms with Crippen LogP contribution in [0, 0.1) is 3.57 Å². The van der Waals surface area contributed by atoms with Crippen molar-refractivity contribution >= 4 is 61.7 Å². The lowest BCUT2D eigenvalue weighted by Gasteiger charge is -1.98. The minimum Gasteiger partial charge on any atom is -0.0826 e. The molecule has 0 saturated carbocycles. The Morgan fingerprint density at radius 3 is 2.40 bits per heavy atom. The summed E-state index contributed by atoms with van der Waals surface area (Å²) in [5.74, 6) is 0. The lowest BCUT2D eigenvalue weighted by atomic mass is 10.4. The van der Waals surface area contributed by atoms with Gasteiger partial charge in [0.2, 0.25) is 0 Å². The van der Waals surface area contributed by atoms with Crippen LogP contribution in [0.25, 0.3) is 0 Å². The van der Waals surface area contributed by atoms with Crippen LogP contribution in [0.1, 0.15) is 0 Å². The second-order valence-corrected chi connectivity index (χ2v) is 4.55. The van der Waals surface area contributed by atoms with Crippen molar-refractivity contribution in [2.24, 2.45) is 0 Å². The summed E-state index contributed by atoms with van der Waals surface area (Å²) in [6.07, 6.45) is 0. The number of benzene rings is 1. The van der Waals surface area contributed by atoms with Crippen molar-refractivity contribution in [2.45, 2.75) is 0 Å². The molecule has 0 fully saturated rings. The van der Waals surface area contributed by atoms with Gasteiger partial charge in [0.1, 0.15) is 0 Å². The first-order valence-electron chi connectivity index (χ1n) is 2.41. The SMILES string of the molecule is Clc1cc(Br)cc(I)c1Cl. The predicted octanol–water partition coefficient (Wildman–Crippen LogP) is 4.36. The van der Waals surface area contributed by atoms with E-state index >= 15 is 0 Å². The van der Waals surface area contributed by atoms with Gasteiger partial charge in [-0.2, -0.15) is 0 Å². The van der Waals surface area contributed by atoms with Gasteiger partial charge < -0.3 is 0 Å². The molecule has 54 valence electrons. The first-order chi connectivity index (χ1) is 4.61. The molecule has 0 aliphatic rings. The number of hydrogen-bond acceptors (Lipinski definition) is 0. The average molecular weight is 352 g/mol. The van der Waals surface area contributed by atoms with E-state index in [1.54, 1.807) is 6.07 Å². The van der Waals surface area contributed by atoms with Crippen LogP contribution >= 0.6 is 61.7 Å². The Bertz CT molecular complexity index is 239. The summed E-state index contributed by atoms with van der Waals surface area (Å²) in [5.41, 5.74) is 0. The van der Waals surface area contributed by atoms with E-state index in [2.05, 4.69) is 38.5 Å². The van der Waals surface area contributed by atoms with E-state index in [1.807, 2.05) is 6.07 Å². The molecule has 0 bridgehead atoms. The maximum Gasteiger partial charge on any atom is 0.0726 e. The van der Waals surface area contributed by atoms with Crippen LogP contribution in [0.4, 0.5) is 0 Å². The van der Waals surface area contributed by atoms with Crippen molar-refractivity contribution in [3.05, 3.63) is 30.2 Å². The predicted molar refractivity (Wildman–Crippen MR) is 56.9 cm³/mol. The molecule has 4 heteroatoms. The molecule has 0 aromatic heterocycles. The zero-order valence-corrected chi connectivity index (χ0v) is 9.92. The van der Waals surface area contributed by atoms with Crippen molar-refractivity contribution in [1.82, 2.24) is 0 Å². The molecule has 0 nitrogen and oxygen atoms in total. The van der Waals surface area contributed by atoms with Gasteiger partial charge in [-0.25, -0.2) is 0 Å². The molecule has 0 atom stereocenters. The van der Waals surface area contributed by atoms with Crippen LogP contribution in [0.3, 0.4) is 0 Å². The molecule has 1 aromatic rings. The summed E-state index contributed by atoms with van der Waals surface area (Å²) in [4.78, 5) is 0. The van der Waals surface area contributed by atoms with Gasteiger partial charge in [0.05, 0.1) is 10.0 Å². The standard InChI is InChI=1S/C6H2BrCl2I/c7-3-1-4(8)6(9)5(10)2-3/h1-2H. The van der Waals surface area contributed by atoms with Crippen LogP contribution in [0.5, 0.6) is 0 Å². The molecule has 0 saturated heterocycles. The summed E-state index contributed by atoms with van der Waals surface area (Å²) >= 11 is 17.0. The Hall–Kier alpha value is 1.01. The average Bonchev–Trinajstić information content (AvgIpc) is 1.82. The minimum atomic E-state index is 0.584. The van der Waals surface area contributed by atoms with Crippen molar-refractivity contribution in [1.29, 1.82) is 0 Å². The van der Waals surface area contributed by atoms with Crippen LogP contribution in [-0.2, 0) is 0 Å². The third kappa shape index (κ3) is 2.00. The van der Waals surface area contributed by atoms with E-state index < -0.39 is 0 Å². The molecule has 10 heavy (non-hydrogen) atoms. The topological polar surface area (TPSA) is 0 Å². The van der Waals surface area contributed by atoms with E-state index in [4.69, 9.17) is 23.2 Å². The van der Waals surface area contributed by atoms with Gasteiger partial charge in [0, 0.05) is 8.04 Å². The monoisotopic (exact) mass is 350 g/mol. The second kappa shape index (κ2) is 3.61. The van der Waals surface area contributed by atoms with Crippen molar-refractivity contribution in [3.63, 3.8) is 0 Å². The van der Waals surface area contributed by atoms with Gasteiger partial charge in [0.25, 0.3) is 0 Å². The first kappa shape index (κ1) is 9.10. The molecule has 0 N–H and O–H groups in total. The highest BCUT2D eigenvalue weighted by molar-refractivity contribution is 14.1. The molecule has 1 rings (SSSR count). The van der Waals surface area contributed by atoms with Crippen molar-refractivity contribution in [3.8, 4) is 0 Å². The fourth-order valence-electron chi connectivity index (χ4n) is 0.525. The highest BCUT2D eigenvalue weighted by Gasteiger charge is 2.02. The largest absolute Gasteiger partial charge is 0.0826 e. The van der Waals surface area contributed by atoms with E-state index in [0.717, 1.165) is 8.04 Å². The summed E-state index contributed by atoms with van der Waals surface area (Å²) < 4.78 is 1.91. The highest BCUT2D eigenvalue weighted by atomic mass is 127. The number of halogens is 4. The fraction of sp³-hybridized carbons (Fsp3) is 0. The Balaban J connectivity index is 3.31. The molecule has 0 aliphatic carbocycles.